The van der Waals surface area contributed by atoms with Crippen LogP contribution in [0.2, 0.25) is 0 Å². The maximum absolute atomic E-state index is 6.34. The minimum Gasteiger partial charge on any atom is -0.456 e. The largest absolute Gasteiger partial charge is 0.456 e. The quantitative estimate of drug-likeness (QED) is 0.151. The van der Waals surface area contributed by atoms with E-state index in [1.54, 1.807) is 0 Å². The Morgan fingerprint density at radius 1 is 0.179 bits per heavy atom. The van der Waals surface area contributed by atoms with Crippen molar-refractivity contribution in [3.05, 3.63) is 437 Å². The maximum atomic E-state index is 6.34. The van der Waals surface area contributed by atoms with Crippen LogP contribution in [0.5, 0.6) is 0 Å². The second kappa shape index (κ2) is 28.9. The van der Waals surface area contributed by atoms with E-state index < -0.39 is 0 Å². The Morgan fingerprint density at radius 2 is 0.500 bits per heavy atom. The van der Waals surface area contributed by atoms with Gasteiger partial charge < -0.3 is 22.7 Å². The van der Waals surface area contributed by atoms with Crippen molar-refractivity contribution in [1.29, 1.82) is 0 Å². The number of furan rings is 1. The van der Waals surface area contributed by atoms with Gasteiger partial charge in [0, 0.05) is 119 Å². The van der Waals surface area contributed by atoms with Gasteiger partial charge in [0.2, 0.25) is 0 Å². The number of fused-ring (bicyclic) bond motifs is 26. The van der Waals surface area contributed by atoms with Crippen molar-refractivity contribution in [2.75, 3.05) is 0 Å². The zero-order valence-corrected chi connectivity index (χ0v) is 72.8. The molecule has 0 aliphatic carbocycles. The lowest BCUT2D eigenvalue weighted by Gasteiger charge is -2.14. The molecule has 22 aromatic carbocycles. The molecule has 8 aromatic heterocycles. The normalized spacial score (nSPS) is 12.2. The molecule has 0 atom stereocenters. The van der Waals surface area contributed by atoms with Crippen molar-refractivity contribution in [1.82, 2.24) is 38.2 Å². The standard InChI is InChI=1S/C62H36N4O.C62H36N4S/c1-3-14-39-34-55-50(32-37(39)12-1)46-16-5-9-21-54(46)65(55)45-28-29-47-51-33-38-13-2-4-15-40(38)35-56(51)66(57(47)36-45)44-27-26-41-30-43(25-24-42(41)31-44)61-62(64-53-20-8-7-19-52(53)63-61)49-18-11-23-59-60(49)48-17-6-10-22-58(48)67-59;1-3-14-40-34-55-50(32-38(40)12-1)46-16-5-9-21-54(46)65(55)45-28-29-47-51-33-39-13-2-4-15-41(39)35-56(51)66(57(47)36-45)44-27-26-37-24-25-42(30-43(37)31-44)61-62(64-53-20-8-7-19-52(53)63-61)49-18-11-23-59-60(49)48-17-6-10-22-58(48)67-59/h2*1-36H. The average Bonchev–Trinajstić information content (AvgIpc) is 1.56. The van der Waals surface area contributed by atoms with E-state index >= 15 is 0 Å². The minimum atomic E-state index is 0.830. The fourth-order valence-electron chi connectivity index (χ4n) is 21.8. The van der Waals surface area contributed by atoms with E-state index in [4.69, 9.17) is 24.4 Å². The summed E-state index contributed by atoms with van der Waals surface area (Å²) in [4.78, 5) is 21.5. The molecule has 0 unspecified atom stereocenters. The molecule has 0 saturated carbocycles. The van der Waals surface area contributed by atoms with E-state index in [0.29, 0.717) is 0 Å². The molecule has 0 spiro atoms. The van der Waals surface area contributed by atoms with E-state index in [2.05, 4.69) is 394 Å². The first-order valence-corrected chi connectivity index (χ1v) is 46.4. The number of benzene rings is 22. The zero-order valence-electron chi connectivity index (χ0n) is 72.0. The first kappa shape index (κ1) is 74.3. The van der Waals surface area contributed by atoms with Crippen molar-refractivity contribution in [2.45, 2.75) is 0 Å². The van der Waals surface area contributed by atoms with Crippen LogP contribution in [0.3, 0.4) is 0 Å². The summed E-state index contributed by atoms with van der Waals surface area (Å²) in [7, 11) is 0. The number of thiophene rings is 1. The van der Waals surface area contributed by atoms with Crippen molar-refractivity contribution >= 4 is 227 Å². The van der Waals surface area contributed by atoms with E-state index in [-0.39, 0.29) is 0 Å². The summed E-state index contributed by atoms with van der Waals surface area (Å²) in [6.07, 6.45) is 0. The molecule has 0 aliphatic heterocycles. The Hall–Kier alpha value is -17.7. The highest BCUT2D eigenvalue weighted by Gasteiger charge is 2.26. The van der Waals surface area contributed by atoms with Gasteiger partial charge in [0.25, 0.3) is 0 Å². The summed E-state index contributed by atoms with van der Waals surface area (Å²) >= 11 is 1.83. The summed E-state index contributed by atoms with van der Waals surface area (Å²) in [6, 6.07) is 159. The van der Waals surface area contributed by atoms with Crippen LogP contribution < -0.4 is 0 Å². The molecular formula is C124H72N8OS. The van der Waals surface area contributed by atoms with E-state index in [0.717, 1.165) is 144 Å². The molecule has 134 heavy (non-hydrogen) atoms. The Kier molecular flexibility index (Phi) is 16.0. The van der Waals surface area contributed by atoms with Crippen LogP contribution in [0.1, 0.15) is 0 Å². The van der Waals surface area contributed by atoms with Crippen molar-refractivity contribution in [3.63, 3.8) is 0 Å². The topological polar surface area (TPSA) is 84.4 Å². The van der Waals surface area contributed by atoms with E-state index in [1.165, 1.54) is 139 Å². The smallest absolute Gasteiger partial charge is 0.136 e. The van der Waals surface area contributed by atoms with Crippen molar-refractivity contribution in [3.8, 4) is 67.8 Å². The second-order valence-electron chi connectivity index (χ2n) is 35.5. The van der Waals surface area contributed by atoms with E-state index in [1.807, 2.05) is 72.0 Å². The second-order valence-corrected chi connectivity index (χ2v) is 36.6. The summed E-state index contributed by atoms with van der Waals surface area (Å²) < 4.78 is 18.7. The third-order valence-corrected chi connectivity index (χ3v) is 29.1. The molecule has 0 fully saturated rings. The molecule has 0 radical (unpaired) electrons. The van der Waals surface area contributed by atoms with Crippen molar-refractivity contribution in [2.24, 2.45) is 0 Å². The molecule has 30 aromatic rings. The Bertz CT molecular complexity index is 10400. The lowest BCUT2D eigenvalue weighted by molar-refractivity contribution is 0.669. The molecule has 0 bridgehead atoms. The molecule has 0 saturated heterocycles. The summed E-state index contributed by atoms with van der Waals surface area (Å²) in [5.74, 6) is 0. The molecule has 0 aliphatic rings. The lowest BCUT2D eigenvalue weighted by Crippen LogP contribution is -1.98. The molecule has 9 nitrogen and oxygen atoms in total. The number of hydrogen-bond donors (Lipinski definition) is 0. The van der Waals surface area contributed by atoms with Crippen LogP contribution in [-0.2, 0) is 0 Å². The van der Waals surface area contributed by atoms with Crippen LogP contribution in [-0.4, -0.2) is 38.2 Å². The van der Waals surface area contributed by atoms with Gasteiger partial charge in [-0.15, -0.1) is 11.3 Å². The number of aromatic nitrogens is 8. The molecule has 620 valence electrons. The van der Waals surface area contributed by atoms with Crippen LogP contribution in [0.25, 0.3) is 284 Å². The first-order chi connectivity index (χ1) is 66.4. The molecule has 30 rings (SSSR count). The van der Waals surface area contributed by atoms with Crippen LogP contribution in [0, 0.1) is 0 Å². The van der Waals surface area contributed by atoms with Crippen molar-refractivity contribution < 1.29 is 4.42 Å². The monoisotopic (exact) mass is 1720 g/mol. The van der Waals surface area contributed by atoms with Crippen LogP contribution in [0.4, 0.5) is 0 Å². The Morgan fingerprint density at radius 3 is 1.01 bits per heavy atom. The predicted molar refractivity (Wildman–Crippen MR) is 563 cm³/mol. The third kappa shape index (κ3) is 11.4. The van der Waals surface area contributed by atoms with Gasteiger partial charge in [0.1, 0.15) is 11.2 Å². The van der Waals surface area contributed by atoms with Crippen LogP contribution >= 0.6 is 11.3 Å². The highest BCUT2D eigenvalue weighted by molar-refractivity contribution is 7.26. The van der Waals surface area contributed by atoms with Gasteiger partial charge in [0.05, 0.1) is 89.0 Å². The highest BCUT2D eigenvalue weighted by atomic mass is 32.1. The highest BCUT2D eigenvalue weighted by Crippen LogP contribution is 2.48. The van der Waals surface area contributed by atoms with Gasteiger partial charge in [-0.3, -0.25) is 0 Å². The van der Waals surface area contributed by atoms with Gasteiger partial charge in [-0.25, -0.2) is 19.9 Å². The fourth-order valence-corrected chi connectivity index (χ4v) is 23.0. The zero-order chi connectivity index (χ0) is 87.5. The number of nitrogens with zero attached hydrogens (tertiary/aromatic N) is 8. The van der Waals surface area contributed by atoms with Crippen LogP contribution in [0.15, 0.2) is 441 Å². The molecule has 10 heteroatoms. The minimum absolute atomic E-state index is 0.830. The lowest BCUT2D eigenvalue weighted by atomic mass is 9.97. The molecular weight excluding hydrogens is 1650 g/mol. The van der Waals surface area contributed by atoms with Gasteiger partial charge in [-0.2, -0.15) is 0 Å². The molecule has 0 amide bonds. The molecule has 8 heterocycles. The number of para-hydroxylation sites is 7. The third-order valence-electron chi connectivity index (χ3n) is 28.0. The summed E-state index contributed by atoms with van der Waals surface area (Å²) in [5, 5.41) is 28.9. The summed E-state index contributed by atoms with van der Waals surface area (Å²) in [5.41, 5.74) is 26.6. The number of hydrogen-bond acceptors (Lipinski definition) is 6. The number of rotatable bonds is 8. The Balaban J connectivity index is 0.000000131. The Labute approximate surface area is 769 Å². The average molecular weight is 1720 g/mol. The van der Waals surface area contributed by atoms with Gasteiger partial charge in [-0.05, 0) is 234 Å². The van der Waals surface area contributed by atoms with Gasteiger partial charge >= 0.3 is 0 Å². The first-order valence-electron chi connectivity index (χ1n) is 45.6. The van der Waals surface area contributed by atoms with Gasteiger partial charge in [-0.1, -0.05) is 267 Å². The maximum Gasteiger partial charge on any atom is 0.136 e. The SMILES string of the molecule is c1ccc2cc3c(cc2c1)c1ccccc1n3-c1ccc2c3cc4ccccc4cc3n(-c3ccc4cc(-c5nc6ccccc6nc5-c5cccc6oc7ccccc7c56)ccc4c3)c2c1.c1ccc2cc3c(cc2c1)c1ccccc1n3-c1ccc2c3cc4ccccc4cc3n(-c3ccc4ccc(-c5nc6ccccc6nc5-c5cccc6sc7ccccc7c56)cc4c3)c2c1. The summed E-state index contributed by atoms with van der Waals surface area (Å²) in [6.45, 7) is 0. The van der Waals surface area contributed by atoms with Gasteiger partial charge in [0.15, 0.2) is 0 Å². The predicted octanol–water partition coefficient (Wildman–Crippen LogP) is 33.5. The molecule has 0 N–H and O–H groups in total. The fraction of sp³-hybridized carbons (Fsp3) is 0. The van der Waals surface area contributed by atoms with E-state index in [9.17, 15) is 0 Å².